The van der Waals surface area contributed by atoms with Crippen molar-refractivity contribution in [3.63, 3.8) is 0 Å². The van der Waals surface area contributed by atoms with E-state index in [0.29, 0.717) is 6.05 Å². The van der Waals surface area contributed by atoms with E-state index in [2.05, 4.69) is 161 Å². The highest BCUT2D eigenvalue weighted by Crippen LogP contribution is 2.44. The zero-order valence-electron chi connectivity index (χ0n) is 45.9. The molecule has 0 saturated carbocycles. The molecule has 0 atom stereocenters. The molecule has 0 N–H and O–H groups in total. The second-order valence-electron chi connectivity index (χ2n) is 18.6. The van der Waals surface area contributed by atoms with E-state index < -0.39 is 34.7 Å². The lowest BCUT2D eigenvalue weighted by Crippen LogP contribution is -3.00. The van der Waals surface area contributed by atoms with Crippen molar-refractivity contribution in [2.24, 2.45) is 0 Å². The molecule has 78 heavy (non-hydrogen) atoms. The van der Waals surface area contributed by atoms with Crippen molar-refractivity contribution in [2.45, 2.75) is 48.0 Å². The number of fused-ring (bicyclic) bond motifs is 6. The van der Waals surface area contributed by atoms with Crippen LogP contribution in [0.25, 0.3) is 62.4 Å². The molecule has 3 heterocycles. The Kier molecular flexibility index (Phi) is 25.0. The predicted molar refractivity (Wildman–Crippen MR) is 312 cm³/mol. The fraction of sp³-hybridized carbons (Fsp3) is 0.333. The van der Waals surface area contributed by atoms with Crippen molar-refractivity contribution in [1.82, 2.24) is 28.7 Å². The Hall–Kier alpha value is -5.63. The number of alkyl halides is 6. The van der Waals surface area contributed by atoms with Crippen molar-refractivity contribution < 1.29 is 64.9 Å². The molecule has 3 aliphatic carbocycles. The predicted octanol–water partition coefficient (Wildman–Crippen LogP) is 3.63. The van der Waals surface area contributed by atoms with Crippen molar-refractivity contribution in [1.29, 1.82) is 0 Å². The minimum Gasteiger partial charge on any atom is -1.00 e. The van der Waals surface area contributed by atoms with Gasteiger partial charge < -0.3 is 51.9 Å². The molecule has 21 heteroatoms. The Labute approximate surface area is 487 Å². The van der Waals surface area contributed by atoms with Gasteiger partial charge in [0.2, 0.25) is 16.1 Å². The molecular weight excluding hydrogens is 1140 g/mol. The quantitative estimate of drug-likeness (QED) is 0.0888. The highest BCUT2D eigenvalue weighted by molar-refractivity contribution is 7.22. The molecule has 3 aliphatic heterocycles. The van der Waals surface area contributed by atoms with Gasteiger partial charge in [0.25, 0.3) is 0 Å². The maximum atomic E-state index is 13.6. The molecule has 6 aliphatic rings. The van der Waals surface area contributed by atoms with Gasteiger partial charge in [0.15, 0.2) is 0 Å². The number of rotatable bonds is 3. The average Bonchev–Trinajstić information content (AvgIpc) is 3.30. The van der Waals surface area contributed by atoms with Crippen molar-refractivity contribution in [3.8, 4) is 31.7 Å². The van der Waals surface area contributed by atoms with Crippen molar-refractivity contribution in [2.75, 3.05) is 99.3 Å². The molecule has 3 aromatic rings. The first-order chi connectivity index (χ1) is 34.4. The Bertz CT molecular complexity index is 3690. The lowest BCUT2D eigenvalue weighted by molar-refractivity contribution is -0.137. The van der Waals surface area contributed by atoms with Crippen LogP contribution in [0.15, 0.2) is 97.6 Å². The van der Waals surface area contributed by atoms with Crippen molar-refractivity contribution in [3.05, 3.63) is 136 Å². The van der Waals surface area contributed by atoms with E-state index in [4.69, 9.17) is 11.3 Å². The minimum atomic E-state index is -4.75. The van der Waals surface area contributed by atoms with E-state index in [1.807, 2.05) is 11.3 Å². The largest absolute Gasteiger partial charge is 1.00 e. The normalized spacial score (nSPS) is 10.9. The number of hydrogen-bond donors (Lipinski definition) is 0. The fourth-order valence-corrected chi connectivity index (χ4v) is 10.9. The first-order valence-corrected chi connectivity index (χ1v) is 25.3. The van der Waals surface area contributed by atoms with E-state index >= 15 is 0 Å². The third-order valence-electron chi connectivity index (χ3n) is 11.6. The van der Waals surface area contributed by atoms with Crippen LogP contribution in [0.2, 0.25) is 0 Å². The standard InChI is InChI=1S/C18H16F6N3S.C18H22N3S.C16H18N3S.C3H6.2CH4.3ClH/c1-26(2)9-5-11(17(19,20)21)15-13(7-9)28-14-8-10(27(3)4)6-12(16(14)25-15)18(22,23)24;1-11-7-13(20(3)4)9-15-17(11)19-18-12(2)8-14(21(5)6)10-16(18)22-15;1-18(2)11-5-7-13-15(9-11)20-16-10-12(19(3)4)6-8-14(16)17-13;1-3-2;;;;;/h5-8H,1-4H3;7-10H,1-6H3;5-10H,1-4H3;3H,1H2,2H3;2*1H4;3*1H/q3*+1;;;;;;/p-3/i;3+1,4+1,5+1,6+1;1+1,2+1,3+1,4+1;3+1T;;;;;. The molecule has 0 radical (unpaired) electrons. The van der Waals surface area contributed by atoms with Crippen molar-refractivity contribution >= 4 is 81.7 Å². The lowest BCUT2D eigenvalue weighted by atomic mass is 10.1. The molecule has 9 rings (SSSR count). The van der Waals surface area contributed by atoms with Crippen LogP contribution < -0.4 is 81.7 Å². The Balaban J connectivity index is 0.000000562. The van der Waals surface area contributed by atoms with Crippen LogP contribution in [0.4, 0.5) is 43.4 Å². The molecule has 424 valence electrons. The molecule has 0 unspecified atom stereocenters. The van der Waals surface area contributed by atoms with Crippen LogP contribution >= 0.6 is 34.0 Å². The van der Waals surface area contributed by atoms with Gasteiger partial charge in [-0.05, 0) is 80.4 Å². The first kappa shape index (κ1) is 68.5. The summed E-state index contributed by atoms with van der Waals surface area (Å²) >= 11 is 4.48. The SMILES string of the molecule is C.C.CN(C)c1cc(C(F)(F)F)c2nc3c(C(F)(F)F)cc(=[N+](C)C)cc-3sc2c1.Cc1cc(=[N+]([13CH3])[13CH3])cc2sc3cc(N([13CH3])[13CH3])cc(C)c3nc1-2.[13CH3]N([13CH3])c1ccc2nc3ccc(=[N+]([13CH3])[13CH3])cc-3sc2c1.[3H][13C](=C)C.[Cl-].[Cl-].[Cl-]. The molecule has 0 bridgehead atoms. The number of allylic oxidation sites excluding steroid dienone is 1. The van der Waals surface area contributed by atoms with Crippen LogP contribution in [0.5, 0.6) is 0 Å². The topological polar surface area (TPSA) is 57.4 Å². The molecule has 0 aromatic heterocycles. The van der Waals surface area contributed by atoms with Gasteiger partial charge in [-0.15, -0.1) is 40.6 Å². The van der Waals surface area contributed by atoms with Crippen LogP contribution in [-0.4, -0.2) is 99.5 Å². The van der Waals surface area contributed by atoms with Crippen LogP contribution in [0, 0.1) is 13.8 Å². The van der Waals surface area contributed by atoms with Gasteiger partial charge in [0.1, 0.15) is 42.3 Å². The van der Waals surface area contributed by atoms with E-state index in [1.54, 1.807) is 46.5 Å². The van der Waals surface area contributed by atoms with E-state index in [-0.39, 0.29) is 72.7 Å². The molecule has 0 fully saturated rings. The number of halogens is 9. The summed E-state index contributed by atoms with van der Waals surface area (Å²) in [6.07, 6.45) is -9.50. The molecule has 0 spiro atoms. The third-order valence-corrected chi connectivity index (χ3v) is 14.8. The molecule has 9 nitrogen and oxygen atoms in total. The summed E-state index contributed by atoms with van der Waals surface area (Å²) in [5, 5.41) is 2.72. The Morgan fingerprint density at radius 3 is 1.44 bits per heavy atom. The number of hydrogen-bond acceptors (Lipinski definition) is 9. The van der Waals surface area contributed by atoms with Crippen LogP contribution in [0.1, 0.15) is 45.4 Å². The van der Waals surface area contributed by atoms with E-state index in [1.165, 1.54) is 74.0 Å². The molecular formula is C57H70Cl3F6N9S3. The van der Waals surface area contributed by atoms with Gasteiger partial charge in [0, 0.05) is 95.7 Å². The van der Waals surface area contributed by atoms with Gasteiger partial charge in [-0.25, -0.2) is 28.7 Å². The maximum Gasteiger partial charge on any atom is 0.418 e. The number of benzene rings is 6. The number of aryl methyl sites for hydroxylation is 2. The second kappa shape index (κ2) is 28.5. The summed E-state index contributed by atoms with van der Waals surface area (Å²) in [5.41, 5.74) is 6.44. The summed E-state index contributed by atoms with van der Waals surface area (Å²) < 4.78 is 96.3. The summed E-state index contributed by atoms with van der Waals surface area (Å²) in [6.45, 7) is 9.15. The zero-order chi connectivity index (χ0) is 54.9. The van der Waals surface area contributed by atoms with Crippen LogP contribution in [-0.2, 0) is 12.4 Å². The number of anilines is 3. The average molecular weight is 1210 g/mol. The van der Waals surface area contributed by atoms with E-state index in [9.17, 15) is 26.3 Å². The molecule has 0 amide bonds. The molecule has 3 aromatic carbocycles. The second-order valence-corrected chi connectivity index (χ2v) is 21.8. The van der Waals surface area contributed by atoms with Gasteiger partial charge >= 0.3 is 12.4 Å². The third kappa shape index (κ3) is 16.2. The summed E-state index contributed by atoms with van der Waals surface area (Å²) in [6, 6.07) is 26.9. The zero-order valence-corrected chi connectivity index (χ0v) is 49.7. The highest BCUT2D eigenvalue weighted by atomic mass is 35.5. The van der Waals surface area contributed by atoms with Gasteiger partial charge in [-0.1, -0.05) is 20.9 Å². The van der Waals surface area contributed by atoms with Gasteiger partial charge in [-0.2, -0.15) is 26.3 Å². The van der Waals surface area contributed by atoms with Gasteiger partial charge in [0.05, 0.1) is 74.9 Å². The smallest absolute Gasteiger partial charge is 0.418 e. The number of nitrogens with zero attached hydrogens (tertiary/aromatic N) is 9. The number of aromatic nitrogens is 3. The minimum absolute atomic E-state index is 0. The maximum absolute atomic E-state index is 13.6. The monoisotopic (exact) mass is 1210 g/mol. The van der Waals surface area contributed by atoms with E-state index in [0.717, 1.165) is 45.9 Å². The highest BCUT2D eigenvalue weighted by Gasteiger charge is 2.39. The Morgan fingerprint density at radius 2 is 0.936 bits per heavy atom. The Morgan fingerprint density at radius 1 is 0.500 bits per heavy atom. The summed E-state index contributed by atoms with van der Waals surface area (Å²) in [5.74, 6) is 0. The summed E-state index contributed by atoms with van der Waals surface area (Å²) in [7, 11) is 22.9. The lowest BCUT2D eigenvalue weighted by Gasteiger charge is -2.19. The van der Waals surface area contributed by atoms with Gasteiger partial charge in [-0.3, -0.25) is 0 Å². The summed E-state index contributed by atoms with van der Waals surface area (Å²) in [4.78, 5) is 21.9. The van der Waals surface area contributed by atoms with Crippen LogP contribution in [0.3, 0.4) is 0 Å². The fourth-order valence-electron chi connectivity index (χ4n) is 7.56. The first-order valence-electron chi connectivity index (χ1n) is 23.4. The molecule has 0 saturated heterocycles.